The topological polar surface area (TPSA) is 53.8 Å². The third-order valence-electron chi connectivity index (χ3n) is 2.65. The number of rotatable bonds is 2. The molecular formula is C12H11N3O. The average Bonchev–Trinajstić information content (AvgIpc) is 2.90. The fourth-order valence-electron chi connectivity index (χ4n) is 1.86. The summed E-state index contributed by atoms with van der Waals surface area (Å²) in [6.45, 7) is 0.729. The predicted molar refractivity (Wildman–Crippen MR) is 61.3 cm³/mol. The molecule has 0 atom stereocenters. The van der Waals surface area contributed by atoms with Gasteiger partial charge in [0.1, 0.15) is 5.75 Å². The van der Waals surface area contributed by atoms with Gasteiger partial charge in [0.25, 0.3) is 0 Å². The molecule has 0 aliphatic rings. The Morgan fingerprint density at radius 3 is 3.06 bits per heavy atom. The van der Waals surface area contributed by atoms with Crippen LogP contribution in [0.1, 0.15) is 5.69 Å². The number of phenolic OH excluding ortho intramolecular Hbond substituents is 1. The molecule has 0 fully saturated rings. The summed E-state index contributed by atoms with van der Waals surface area (Å²) in [6.07, 6.45) is 5.47. The zero-order valence-electron chi connectivity index (χ0n) is 8.59. The van der Waals surface area contributed by atoms with Crippen LogP contribution in [0.3, 0.4) is 0 Å². The third kappa shape index (κ3) is 1.44. The minimum Gasteiger partial charge on any atom is -0.508 e. The number of imidazole rings is 1. The number of nitrogens with one attached hydrogen (secondary N) is 1. The lowest BCUT2D eigenvalue weighted by molar-refractivity contribution is 0.476. The maximum absolute atomic E-state index is 9.47. The summed E-state index contributed by atoms with van der Waals surface area (Å²) in [5.41, 5.74) is 2.07. The highest BCUT2D eigenvalue weighted by Crippen LogP contribution is 2.21. The van der Waals surface area contributed by atoms with E-state index in [9.17, 15) is 5.11 Å². The van der Waals surface area contributed by atoms with Crippen LogP contribution in [0, 0.1) is 0 Å². The van der Waals surface area contributed by atoms with Crippen LogP contribution in [0.25, 0.3) is 10.9 Å². The molecule has 3 aromatic rings. The molecule has 0 aliphatic carbocycles. The second kappa shape index (κ2) is 3.41. The molecule has 80 valence electrons. The highest BCUT2D eigenvalue weighted by atomic mass is 16.3. The highest BCUT2D eigenvalue weighted by Gasteiger charge is 2.03. The van der Waals surface area contributed by atoms with Gasteiger partial charge in [0, 0.05) is 18.5 Å². The highest BCUT2D eigenvalue weighted by molar-refractivity contribution is 5.81. The van der Waals surface area contributed by atoms with Crippen LogP contribution >= 0.6 is 0 Å². The van der Waals surface area contributed by atoms with Gasteiger partial charge in [-0.05, 0) is 23.6 Å². The van der Waals surface area contributed by atoms with Gasteiger partial charge in [0.2, 0.25) is 0 Å². The minimum atomic E-state index is 0.289. The summed E-state index contributed by atoms with van der Waals surface area (Å²) in [5.74, 6) is 0.289. The van der Waals surface area contributed by atoms with Crippen molar-refractivity contribution >= 4 is 10.9 Å². The molecule has 0 amide bonds. The molecule has 3 rings (SSSR count). The van der Waals surface area contributed by atoms with Gasteiger partial charge in [-0.25, -0.2) is 4.98 Å². The lowest BCUT2D eigenvalue weighted by atomic mass is 10.2. The van der Waals surface area contributed by atoms with Crippen LogP contribution in [0.15, 0.2) is 43.0 Å². The summed E-state index contributed by atoms with van der Waals surface area (Å²) in [4.78, 5) is 7.04. The van der Waals surface area contributed by atoms with Crippen molar-refractivity contribution in [2.75, 3.05) is 0 Å². The molecule has 1 aromatic carbocycles. The molecule has 4 nitrogen and oxygen atoms in total. The number of H-pyrrole nitrogens is 1. The summed E-state index contributed by atoms with van der Waals surface area (Å²) in [7, 11) is 0. The minimum absolute atomic E-state index is 0.289. The summed E-state index contributed by atoms with van der Waals surface area (Å²) >= 11 is 0. The number of aromatic nitrogens is 3. The van der Waals surface area contributed by atoms with Gasteiger partial charge in [0.05, 0.1) is 24.1 Å². The van der Waals surface area contributed by atoms with Crippen molar-refractivity contribution in [1.82, 2.24) is 14.5 Å². The number of hydrogen-bond acceptors (Lipinski definition) is 2. The second-order valence-corrected chi connectivity index (χ2v) is 3.76. The van der Waals surface area contributed by atoms with Crippen LogP contribution in [-0.4, -0.2) is 19.6 Å². The van der Waals surface area contributed by atoms with Crippen molar-refractivity contribution in [3.63, 3.8) is 0 Å². The Kier molecular flexibility index (Phi) is 1.93. The molecule has 0 unspecified atom stereocenters. The van der Waals surface area contributed by atoms with E-state index in [1.807, 2.05) is 18.3 Å². The first-order valence-corrected chi connectivity index (χ1v) is 5.08. The Bertz CT molecular complexity index is 610. The molecule has 4 heteroatoms. The molecule has 2 aromatic heterocycles. The second-order valence-electron chi connectivity index (χ2n) is 3.76. The van der Waals surface area contributed by atoms with E-state index in [-0.39, 0.29) is 5.75 Å². The van der Waals surface area contributed by atoms with Crippen molar-refractivity contribution in [3.05, 3.63) is 48.7 Å². The predicted octanol–water partition coefficient (Wildman–Crippen LogP) is 2.12. The van der Waals surface area contributed by atoms with Crippen LogP contribution in [-0.2, 0) is 6.54 Å². The number of nitrogens with zero attached hydrogens (tertiary/aromatic N) is 2. The number of aromatic hydroxyl groups is 1. The number of benzene rings is 1. The normalized spacial score (nSPS) is 11.0. The zero-order valence-corrected chi connectivity index (χ0v) is 8.59. The van der Waals surface area contributed by atoms with Gasteiger partial charge in [-0.2, -0.15) is 0 Å². The maximum atomic E-state index is 9.47. The molecule has 2 N–H and O–H groups in total. The average molecular weight is 213 g/mol. The van der Waals surface area contributed by atoms with E-state index in [1.165, 1.54) is 0 Å². The van der Waals surface area contributed by atoms with Gasteiger partial charge in [-0.3, -0.25) is 0 Å². The molecular weight excluding hydrogens is 202 g/mol. The number of phenols is 1. The van der Waals surface area contributed by atoms with Crippen LogP contribution in [0.4, 0.5) is 0 Å². The molecule has 0 bridgehead atoms. The molecule has 0 saturated heterocycles. The van der Waals surface area contributed by atoms with Crippen molar-refractivity contribution in [2.45, 2.75) is 6.54 Å². The van der Waals surface area contributed by atoms with E-state index >= 15 is 0 Å². The Labute approximate surface area is 92.2 Å². The first-order chi connectivity index (χ1) is 7.83. The largest absolute Gasteiger partial charge is 0.508 e. The number of aromatic amines is 1. The lowest BCUT2D eigenvalue weighted by Crippen LogP contribution is -1.97. The Morgan fingerprint density at radius 1 is 1.31 bits per heavy atom. The van der Waals surface area contributed by atoms with Gasteiger partial charge >= 0.3 is 0 Å². The van der Waals surface area contributed by atoms with Crippen molar-refractivity contribution < 1.29 is 5.11 Å². The van der Waals surface area contributed by atoms with E-state index in [1.54, 1.807) is 24.7 Å². The number of fused-ring (bicyclic) bond motifs is 1. The monoisotopic (exact) mass is 213 g/mol. The summed E-state index contributed by atoms with van der Waals surface area (Å²) in [5, 5.41) is 10.6. The standard InChI is InChI=1S/C12H11N3O/c16-11-2-1-9-3-4-15(12(9)5-11)7-10-6-13-8-14-10/h1-6,8,16H,7H2,(H,13,14). The van der Waals surface area contributed by atoms with Gasteiger partial charge in [-0.15, -0.1) is 0 Å². The maximum Gasteiger partial charge on any atom is 0.117 e. The lowest BCUT2D eigenvalue weighted by Gasteiger charge is -2.03. The molecule has 0 saturated carbocycles. The van der Waals surface area contributed by atoms with Crippen LogP contribution in [0.2, 0.25) is 0 Å². The first-order valence-electron chi connectivity index (χ1n) is 5.08. The Morgan fingerprint density at radius 2 is 2.25 bits per heavy atom. The van der Waals surface area contributed by atoms with E-state index < -0.39 is 0 Å². The Hall–Kier alpha value is -2.23. The molecule has 0 spiro atoms. The Balaban J connectivity index is 2.07. The van der Waals surface area contributed by atoms with Gasteiger partial charge in [-0.1, -0.05) is 0 Å². The van der Waals surface area contributed by atoms with E-state index in [2.05, 4.69) is 14.5 Å². The van der Waals surface area contributed by atoms with Crippen molar-refractivity contribution in [2.24, 2.45) is 0 Å². The first kappa shape index (κ1) is 9.03. The summed E-state index contributed by atoms with van der Waals surface area (Å²) < 4.78 is 2.07. The third-order valence-corrected chi connectivity index (χ3v) is 2.65. The van der Waals surface area contributed by atoms with E-state index in [0.29, 0.717) is 0 Å². The zero-order chi connectivity index (χ0) is 11.0. The van der Waals surface area contributed by atoms with Crippen LogP contribution < -0.4 is 0 Å². The fourth-order valence-corrected chi connectivity index (χ4v) is 1.86. The van der Waals surface area contributed by atoms with Gasteiger partial charge in [0.15, 0.2) is 0 Å². The SMILES string of the molecule is Oc1ccc2ccn(Cc3cnc[nH]3)c2c1. The van der Waals surface area contributed by atoms with E-state index in [0.717, 1.165) is 23.1 Å². The summed E-state index contributed by atoms with van der Waals surface area (Å²) in [6, 6.07) is 7.41. The van der Waals surface area contributed by atoms with Crippen molar-refractivity contribution in [3.8, 4) is 5.75 Å². The molecule has 2 heterocycles. The molecule has 0 radical (unpaired) electrons. The molecule has 16 heavy (non-hydrogen) atoms. The number of hydrogen-bond donors (Lipinski definition) is 2. The molecule has 0 aliphatic heterocycles. The van der Waals surface area contributed by atoms with Gasteiger partial charge < -0.3 is 14.7 Å². The quantitative estimate of drug-likeness (QED) is 0.685. The van der Waals surface area contributed by atoms with Crippen LogP contribution in [0.5, 0.6) is 5.75 Å². The smallest absolute Gasteiger partial charge is 0.117 e. The fraction of sp³-hybridized carbons (Fsp3) is 0.0833. The van der Waals surface area contributed by atoms with Crippen molar-refractivity contribution in [1.29, 1.82) is 0 Å². The van der Waals surface area contributed by atoms with E-state index in [4.69, 9.17) is 0 Å².